The number of pyridine rings is 1. The van der Waals surface area contributed by atoms with Gasteiger partial charge in [-0.05, 0) is 31.4 Å². The van der Waals surface area contributed by atoms with Crippen LogP contribution in [0, 0.1) is 12.8 Å². The molecule has 0 saturated heterocycles. The highest BCUT2D eigenvalue weighted by molar-refractivity contribution is 5.09. The third-order valence-corrected chi connectivity index (χ3v) is 3.71. The fraction of sp³-hybridized carbons (Fsp3) is 0.667. The maximum Gasteiger partial charge on any atom is 0.0667 e. The largest absolute Gasteiger partial charge is 0.392 e. The van der Waals surface area contributed by atoms with Crippen LogP contribution < -0.4 is 5.32 Å². The number of aliphatic hydroxyl groups is 1. The molecule has 1 saturated carbocycles. The smallest absolute Gasteiger partial charge is 0.0667 e. The summed E-state index contributed by atoms with van der Waals surface area (Å²) in [5.74, 6) is 0.749. The Kier molecular flexibility index (Phi) is 5.14. The van der Waals surface area contributed by atoms with Crippen molar-refractivity contribution in [3.8, 4) is 0 Å². The van der Waals surface area contributed by atoms with Crippen molar-refractivity contribution in [3.05, 3.63) is 29.6 Å². The summed E-state index contributed by atoms with van der Waals surface area (Å²) in [5, 5.41) is 13.2. The Morgan fingerprint density at radius 2 is 2.17 bits per heavy atom. The van der Waals surface area contributed by atoms with Crippen LogP contribution in [0.25, 0.3) is 0 Å². The number of aryl methyl sites for hydroxylation is 1. The average molecular weight is 248 g/mol. The van der Waals surface area contributed by atoms with Crippen molar-refractivity contribution < 1.29 is 5.11 Å². The molecule has 100 valence electrons. The molecule has 1 aromatic heterocycles. The molecule has 0 radical (unpaired) electrons. The lowest BCUT2D eigenvalue weighted by molar-refractivity contribution is 0.140. The molecule has 0 aromatic carbocycles. The molecular formula is C15H24N2O. The van der Waals surface area contributed by atoms with E-state index in [4.69, 9.17) is 0 Å². The molecule has 18 heavy (non-hydrogen) atoms. The molecule has 1 unspecified atom stereocenters. The Balaban J connectivity index is 1.65. The van der Waals surface area contributed by atoms with Gasteiger partial charge < -0.3 is 10.4 Å². The average Bonchev–Trinajstić information content (AvgIpc) is 2.82. The van der Waals surface area contributed by atoms with E-state index in [1.807, 2.05) is 25.1 Å². The van der Waals surface area contributed by atoms with E-state index in [-0.39, 0.29) is 6.10 Å². The van der Waals surface area contributed by atoms with Gasteiger partial charge in [0.15, 0.2) is 0 Å². The maximum absolute atomic E-state index is 9.96. The summed E-state index contributed by atoms with van der Waals surface area (Å²) in [4.78, 5) is 4.43. The summed E-state index contributed by atoms with van der Waals surface area (Å²) < 4.78 is 0. The zero-order valence-corrected chi connectivity index (χ0v) is 11.2. The van der Waals surface area contributed by atoms with Gasteiger partial charge in [-0.15, -0.1) is 0 Å². The van der Waals surface area contributed by atoms with Gasteiger partial charge in [-0.1, -0.05) is 31.7 Å². The molecule has 3 nitrogen and oxygen atoms in total. The molecule has 0 aliphatic heterocycles. The van der Waals surface area contributed by atoms with Gasteiger partial charge in [0.05, 0.1) is 11.8 Å². The summed E-state index contributed by atoms with van der Waals surface area (Å²) in [7, 11) is 0. The minimum Gasteiger partial charge on any atom is -0.392 e. The first-order valence-corrected chi connectivity index (χ1v) is 7.05. The molecule has 0 bridgehead atoms. The van der Waals surface area contributed by atoms with E-state index in [2.05, 4.69) is 10.3 Å². The van der Waals surface area contributed by atoms with Crippen LogP contribution in [0.3, 0.4) is 0 Å². The summed E-state index contributed by atoms with van der Waals surface area (Å²) in [6.45, 7) is 3.41. The van der Waals surface area contributed by atoms with E-state index in [1.165, 1.54) is 25.7 Å². The molecule has 1 atom stereocenters. The van der Waals surface area contributed by atoms with Crippen molar-refractivity contribution in [2.75, 3.05) is 6.54 Å². The number of aliphatic hydroxyl groups excluding tert-OH is 1. The van der Waals surface area contributed by atoms with Gasteiger partial charge in [0, 0.05) is 18.8 Å². The number of aromatic nitrogens is 1. The standard InChI is InChI=1S/C15H24N2O/c1-12-5-4-8-14(17-12)10-16-11-15(18)9-13-6-2-3-7-13/h4-5,8,13,15-16,18H,2-3,6-7,9-11H2,1H3. The van der Waals surface area contributed by atoms with Crippen LogP contribution >= 0.6 is 0 Å². The first-order valence-electron chi connectivity index (χ1n) is 7.05. The van der Waals surface area contributed by atoms with Gasteiger partial charge in [0.1, 0.15) is 0 Å². The highest BCUT2D eigenvalue weighted by atomic mass is 16.3. The van der Waals surface area contributed by atoms with E-state index in [1.54, 1.807) is 0 Å². The second-order valence-electron chi connectivity index (χ2n) is 5.44. The Morgan fingerprint density at radius 1 is 1.39 bits per heavy atom. The normalized spacial score (nSPS) is 18.1. The molecule has 2 N–H and O–H groups in total. The number of hydrogen-bond donors (Lipinski definition) is 2. The van der Waals surface area contributed by atoms with Crippen LogP contribution in [0.1, 0.15) is 43.5 Å². The van der Waals surface area contributed by atoms with E-state index in [0.717, 1.165) is 30.3 Å². The van der Waals surface area contributed by atoms with E-state index >= 15 is 0 Å². The first kappa shape index (κ1) is 13.5. The third-order valence-electron chi connectivity index (χ3n) is 3.71. The molecule has 1 heterocycles. The zero-order chi connectivity index (χ0) is 12.8. The van der Waals surface area contributed by atoms with Crippen molar-refractivity contribution in [2.24, 2.45) is 5.92 Å². The third kappa shape index (κ3) is 4.39. The predicted molar refractivity (Wildman–Crippen MR) is 73.3 cm³/mol. The quantitative estimate of drug-likeness (QED) is 0.812. The molecule has 2 rings (SSSR count). The molecular weight excluding hydrogens is 224 g/mol. The zero-order valence-electron chi connectivity index (χ0n) is 11.2. The number of hydrogen-bond acceptors (Lipinski definition) is 3. The molecule has 3 heteroatoms. The predicted octanol–water partition coefficient (Wildman–Crippen LogP) is 2.42. The topological polar surface area (TPSA) is 45.1 Å². The maximum atomic E-state index is 9.96. The second-order valence-corrected chi connectivity index (χ2v) is 5.44. The van der Waals surface area contributed by atoms with Gasteiger partial charge in [0.2, 0.25) is 0 Å². The van der Waals surface area contributed by atoms with Crippen molar-refractivity contribution in [1.29, 1.82) is 0 Å². The fourth-order valence-electron chi connectivity index (χ4n) is 2.78. The van der Waals surface area contributed by atoms with Crippen LogP contribution in [0.4, 0.5) is 0 Å². The number of nitrogens with zero attached hydrogens (tertiary/aromatic N) is 1. The highest BCUT2D eigenvalue weighted by Crippen LogP contribution is 2.28. The van der Waals surface area contributed by atoms with Gasteiger partial charge >= 0.3 is 0 Å². The lowest BCUT2D eigenvalue weighted by Gasteiger charge is -2.15. The van der Waals surface area contributed by atoms with Gasteiger partial charge in [-0.3, -0.25) is 4.98 Å². The lowest BCUT2D eigenvalue weighted by atomic mass is 10.0. The van der Waals surface area contributed by atoms with Crippen molar-refractivity contribution >= 4 is 0 Å². The molecule has 1 aliphatic carbocycles. The van der Waals surface area contributed by atoms with Crippen molar-refractivity contribution in [3.63, 3.8) is 0 Å². The molecule has 0 amide bonds. The molecule has 0 spiro atoms. The van der Waals surface area contributed by atoms with Gasteiger partial charge in [-0.2, -0.15) is 0 Å². The summed E-state index contributed by atoms with van der Waals surface area (Å²) in [6, 6.07) is 6.04. The minimum absolute atomic E-state index is 0.210. The van der Waals surface area contributed by atoms with Crippen LogP contribution in [0.2, 0.25) is 0 Å². The summed E-state index contributed by atoms with van der Waals surface area (Å²) in [5.41, 5.74) is 2.09. The van der Waals surface area contributed by atoms with Gasteiger partial charge in [-0.25, -0.2) is 0 Å². The number of rotatable bonds is 6. The molecule has 1 aromatic rings. The molecule has 1 fully saturated rings. The SMILES string of the molecule is Cc1cccc(CNCC(O)CC2CCCC2)n1. The van der Waals surface area contributed by atoms with Crippen molar-refractivity contribution in [2.45, 2.75) is 51.7 Å². The van der Waals surface area contributed by atoms with E-state index in [9.17, 15) is 5.11 Å². The second kappa shape index (κ2) is 6.86. The Morgan fingerprint density at radius 3 is 2.89 bits per heavy atom. The molecule has 1 aliphatic rings. The monoisotopic (exact) mass is 248 g/mol. The van der Waals surface area contributed by atoms with Crippen LogP contribution in [-0.2, 0) is 6.54 Å². The highest BCUT2D eigenvalue weighted by Gasteiger charge is 2.18. The first-order chi connectivity index (χ1) is 8.74. The van der Waals surface area contributed by atoms with E-state index in [0.29, 0.717) is 6.54 Å². The minimum atomic E-state index is -0.210. The number of nitrogens with one attached hydrogen (secondary N) is 1. The van der Waals surface area contributed by atoms with Crippen LogP contribution in [0.5, 0.6) is 0 Å². The lowest BCUT2D eigenvalue weighted by Crippen LogP contribution is -2.28. The summed E-state index contributed by atoms with van der Waals surface area (Å²) in [6.07, 6.45) is 6.04. The van der Waals surface area contributed by atoms with Crippen LogP contribution in [-0.4, -0.2) is 22.7 Å². The van der Waals surface area contributed by atoms with Crippen LogP contribution in [0.15, 0.2) is 18.2 Å². The Hall–Kier alpha value is -0.930. The Bertz CT molecular complexity index is 361. The fourth-order valence-corrected chi connectivity index (χ4v) is 2.78. The van der Waals surface area contributed by atoms with Gasteiger partial charge in [0.25, 0.3) is 0 Å². The Labute approximate surface area is 110 Å². The van der Waals surface area contributed by atoms with E-state index < -0.39 is 0 Å². The summed E-state index contributed by atoms with van der Waals surface area (Å²) >= 11 is 0. The van der Waals surface area contributed by atoms with Crippen molar-refractivity contribution in [1.82, 2.24) is 10.3 Å².